The van der Waals surface area contributed by atoms with Crippen LogP contribution in [0.2, 0.25) is 10.0 Å². The van der Waals surface area contributed by atoms with Gasteiger partial charge < -0.3 is 5.21 Å². The lowest BCUT2D eigenvalue weighted by molar-refractivity contribution is 0.321. The summed E-state index contributed by atoms with van der Waals surface area (Å²) in [6, 6.07) is 0. The molecule has 0 fully saturated rings. The summed E-state index contributed by atoms with van der Waals surface area (Å²) in [5.41, 5.74) is 2.91. The standard InChI is InChI=1S/C10H10Cl3NO/c1-4-7(10(13)14-15)5(2)9(12)6(3)8(4)11/h15H,1-3H3. The third-order valence-corrected chi connectivity index (χ3v) is 3.76. The summed E-state index contributed by atoms with van der Waals surface area (Å²) in [7, 11) is 0. The van der Waals surface area contributed by atoms with Crippen LogP contribution in [0.15, 0.2) is 5.16 Å². The minimum absolute atomic E-state index is 0.00574. The van der Waals surface area contributed by atoms with Crippen molar-refractivity contribution in [1.29, 1.82) is 0 Å². The molecule has 82 valence electrons. The highest BCUT2D eigenvalue weighted by molar-refractivity contribution is 6.70. The number of nitrogens with zero attached hydrogens (tertiary/aromatic N) is 1. The van der Waals surface area contributed by atoms with E-state index in [1.165, 1.54) is 0 Å². The Morgan fingerprint density at radius 2 is 1.40 bits per heavy atom. The monoisotopic (exact) mass is 265 g/mol. The Morgan fingerprint density at radius 3 is 1.73 bits per heavy atom. The fourth-order valence-electron chi connectivity index (χ4n) is 1.52. The predicted molar refractivity (Wildman–Crippen MR) is 64.8 cm³/mol. The molecule has 0 amide bonds. The Balaban J connectivity index is 3.67. The first-order valence-corrected chi connectivity index (χ1v) is 5.37. The zero-order valence-corrected chi connectivity index (χ0v) is 10.8. The molecule has 0 saturated heterocycles. The lowest BCUT2D eigenvalue weighted by atomic mass is 10.00. The SMILES string of the molecule is Cc1c(Cl)c(C)c(C(Cl)=NO)c(C)c1Cl. The summed E-state index contributed by atoms with van der Waals surface area (Å²) in [6.45, 7) is 5.45. The number of rotatable bonds is 1. The molecular formula is C10H10Cl3NO. The lowest BCUT2D eigenvalue weighted by Crippen LogP contribution is -2.02. The molecule has 0 aliphatic heterocycles. The molecule has 15 heavy (non-hydrogen) atoms. The topological polar surface area (TPSA) is 32.6 Å². The molecule has 1 aromatic rings. The van der Waals surface area contributed by atoms with E-state index in [-0.39, 0.29) is 5.17 Å². The maximum atomic E-state index is 8.66. The van der Waals surface area contributed by atoms with Gasteiger partial charge in [-0.15, -0.1) is 0 Å². The van der Waals surface area contributed by atoms with Crippen LogP contribution in [0.5, 0.6) is 0 Å². The van der Waals surface area contributed by atoms with Crippen molar-refractivity contribution in [3.8, 4) is 0 Å². The van der Waals surface area contributed by atoms with E-state index >= 15 is 0 Å². The van der Waals surface area contributed by atoms with Crippen molar-refractivity contribution in [3.05, 3.63) is 32.3 Å². The average Bonchev–Trinajstić information content (AvgIpc) is 2.23. The van der Waals surface area contributed by atoms with Crippen LogP contribution in [0.3, 0.4) is 0 Å². The third-order valence-electron chi connectivity index (χ3n) is 2.36. The molecule has 1 rings (SSSR count). The van der Waals surface area contributed by atoms with E-state index in [1.54, 1.807) is 0 Å². The van der Waals surface area contributed by atoms with E-state index in [0.717, 1.165) is 16.7 Å². The van der Waals surface area contributed by atoms with Gasteiger partial charge in [-0.05, 0) is 37.5 Å². The second-order valence-electron chi connectivity index (χ2n) is 3.27. The summed E-state index contributed by atoms with van der Waals surface area (Å²) in [5.74, 6) is 0. The summed E-state index contributed by atoms with van der Waals surface area (Å²) in [5, 5.41) is 12.7. The maximum absolute atomic E-state index is 8.66. The van der Waals surface area contributed by atoms with Crippen molar-refractivity contribution >= 4 is 40.0 Å². The quantitative estimate of drug-likeness (QED) is 0.459. The molecule has 0 radical (unpaired) electrons. The summed E-state index contributed by atoms with van der Waals surface area (Å²) in [6.07, 6.45) is 0. The van der Waals surface area contributed by atoms with Crippen LogP contribution < -0.4 is 0 Å². The van der Waals surface area contributed by atoms with Gasteiger partial charge in [0, 0.05) is 15.6 Å². The largest absolute Gasteiger partial charge is 0.410 e. The Labute approximate surface area is 103 Å². The van der Waals surface area contributed by atoms with Crippen molar-refractivity contribution in [3.63, 3.8) is 0 Å². The molecule has 0 spiro atoms. The molecule has 0 heterocycles. The van der Waals surface area contributed by atoms with E-state index < -0.39 is 0 Å². The van der Waals surface area contributed by atoms with E-state index in [2.05, 4.69) is 5.16 Å². The molecule has 0 saturated carbocycles. The summed E-state index contributed by atoms with van der Waals surface area (Å²) < 4.78 is 0. The summed E-state index contributed by atoms with van der Waals surface area (Å²) >= 11 is 17.9. The Bertz CT molecular complexity index is 412. The first kappa shape index (κ1) is 12.6. The molecule has 0 bridgehead atoms. The second-order valence-corrected chi connectivity index (χ2v) is 4.38. The van der Waals surface area contributed by atoms with Crippen LogP contribution in [0.4, 0.5) is 0 Å². The van der Waals surface area contributed by atoms with Crippen molar-refractivity contribution in [1.82, 2.24) is 0 Å². The van der Waals surface area contributed by atoms with Crippen molar-refractivity contribution in [2.75, 3.05) is 0 Å². The molecule has 0 atom stereocenters. The van der Waals surface area contributed by atoms with Gasteiger partial charge in [-0.3, -0.25) is 0 Å². The van der Waals surface area contributed by atoms with Crippen molar-refractivity contribution in [2.45, 2.75) is 20.8 Å². The highest BCUT2D eigenvalue weighted by Gasteiger charge is 2.17. The van der Waals surface area contributed by atoms with Crippen molar-refractivity contribution < 1.29 is 5.21 Å². The number of hydrogen-bond donors (Lipinski definition) is 1. The highest BCUT2D eigenvalue weighted by atomic mass is 35.5. The van der Waals surface area contributed by atoms with Gasteiger partial charge in [0.05, 0.1) is 0 Å². The molecule has 2 nitrogen and oxygen atoms in total. The van der Waals surface area contributed by atoms with Crippen LogP contribution >= 0.6 is 34.8 Å². The molecule has 0 aliphatic carbocycles. The normalized spacial score (nSPS) is 12.0. The predicted octanol–water partition coefficient (Wildman–Crippen LogP) is 4.29. The smallest absolute Gasteiger partial charge is 0.175 e. The molecular weight excluding hydrogens is 256 g/mol. The molecule has 0 aliphatic rings. The van der Waals surface area contributed by atoms with E-state index in [0.29, 0.717) is 15.6 Å². The van der Waals surface area contributed by atoms with Crippen LogP contribution in [0, 0.1) is 20.8 Å². The van der Waals surface area contributed by atoms with Crippen LogP contribution in [-0.2, 0) is 0 Å². The lowest BCUT2D eigenvalue weighted by Gasteiger charge is -2.14. The van der Waals surface area contributed by atoms with Crippen LogP contribution in [0.1, 0.15) is 22.3 Å². The zero-order chi connectivity index (χ0) is 11.7. The molecule has 0 aromatic heterocycles. The number of oxime groups is 1. The molecule has 1 N–H and O–H groups in total. The van der Waals surface area contributed by atoms with E-state index in [4.69, 9.17) is 40.0 Å². The Hall–Kier alpha value is -0.440. The van der Waals surface area contributed by atoms with Gasteiger partial charge in [-0.1, -0.05) is 40.0 Å². The zero-order valence-electron chi connectivity index (χ0n) is 8.53. The van der Waals surface area contributed by atoms with Gasteiger partial charge >= 0.3 is 0 Å². The van der Waals surface area contributed by atoms with Gasteiger partial charge in [0.1, 0.15) is 0 Å². The Morgan fingerprint density at radius 1 is 1.00 bits per heavy atom. The van der Waals surface area contributed by atoms with Gasteiger partial charge in [0.2, 0.25) is 0 Å². The number of halogens is 3. The van der Waals surface area contributed by atoms with Gasteiger partial charge in [0.25, 0.3) is 0 Å². The minimum Gasteiger partial charge on any atom is -0.410 e. The molecule has 0 unspecified atom stereocenters. The Kier molecular flexibility index (Phi) is 3.87. The fraction of sp³-hybridized carbons (Fsp3) is 0.300. The fourth-order valence-corrected chi connectivity index (χ4v) is 2.23. The highest BCUT2D eigenvalue weighted by Crippen LogP contribution is 2.34. The summed E-state index contributed by atoms with van der Waals surface area (Å²) in [4.78, 5) is 0. The molecule has 1 aromatic carbocycles. The average molecular weight is 267 g/mol. The minimum atomic E-state index is -0.00574. The third kappa shape index (κ3) is 2.07. The van der Waals surface area contributed by atoms with Crippen molar-refractivity contribution in [2.24, 2.45) is 5.16 Å². The second kappa shape index (κ2) is 4.60. The van der Waals surface area contributed by atoms with Crippen LogP contribution in [0.25, 0.3) is 0 Å². The maximum Gasteiger partial charge on any atom is 0.175 e. The van der Waals surface area contributed by atoms with Crippen LogP contribution in [-0.4, -0.2) is 10.4 Å². The van der Waals surface area contributed by atoms with Gasteiger partial charge in [0.15, 0.2) is 5.17 Å². The van der Waals surface area contributed by atoms with Gasteiger partial charge in [-0.2, -0.15) is 0 Å². The molecule has 5 heteroatoms. The number of benzene rings is 1. The van der Waals surface area contributed by atoms with E-state index in [9.17, 15) is 0 Å². The van der Waals surface area contributed by atoms with Gasteiger partial charge in [-0.25, -0.2) is 0 Å². The number of hydrogen-bond acceptors (Lipinski definition) is 2. The first-order valence-electron chi connectivity index (χ1n) is 4.24. The van der Waals surface area contributed by atoms with E-state index in [1.807, 2.05) is 20.8 Å². The first-order chi connectivity index (χ1) is 6.91.